The van der Waals surface area contributed by atoms with Crippen molar-refractivity contribution in [3.63, 3.8) is 0 Å². The van der Waals surface area contributed by atoms with E-state index in [9.17, 15) is 18.0 Å². The monoisotopic (exact) mass is 317 g/mol. The average Bonchev–Trinajstić information content (AvgIpc) is 2.80. The number of hydrogen-bond donors (Lipinski definition) is 1. The summed E-state index contributed by atoms with van der Waals surface area (Å²) in [6, 6.07) is 4.90. The van der Waals surface area contributed by atoms with Crippen molar-refractivity contribution in [3.8, 4) is 0 Å². The number of carbonyl (C=O) groups is 1. The van der Waals surface area contributed by atoms with Gasteiger partial charge in [-0.15, -0.1) is 0 Å². The van der Waals surface area contributed by atoms with E-state index in [0.717, 1.165) is 17.0 Å². The highest BCUT2D eigenvalue weighted by molar-refractivity contribution is 8.03. The van der Waals surface area contributed by atoms with Crippen LogP contribution in [0.4, 0.5) is 13.2 Å². The maximum atomic E-state index is 12.5. The molecule has 0 amide bonds. The van der Waals surface area contributed by atoms with Crippen LogP contribution in [0.5, 0.6) is 0 Å². The van der Waals surface area contributed by atoms with Crippen molar-refractivity contribution in [3.05, 3.63) is 46.0 Å². The Labute approximate surface area is 124 Å². The molecule has 1 heterocycles. The van der Waals surface area contributed by atoms with Crippen LogP contribution in [-0.4, -0.2) is 12.6 Å². The summed E-state index contributed by atoms with van der Waals surface area (Å²) >= 11 is 1.38. The van der Waals surface area contributed by atoms with Crippen LogP contribution in [0.3, 0.4) is 0 Å². The molecule has 21 heavy (non-hydrogen) atoms. The van der Waals surface area contributed by atoms with Gasteiger partial charge in [-0.05, 0) is 31.5 Å². The number of halogens is 3. The highest BCUT2D eigenvalue weighted by atomic mass is 32.2. The van der Waals surface area contributed by atoms with Crippen molar-refractivity contribution in [2.24, 2.45) is 0 Å². The molecule has 0 fully saturated rings. The zero-order chi connectivity index (χ0) is 15.6. The molecule has 0 spiro atoms. The molecule has 3 nitrogen and oxygen atoms in total. The number of alkyl halides is 3. The molecular formula is C14H14F3NO2S. The molecule has 7 heteroatoms. The second-order valence-corrected chi connectivity index (χ2v) is 5.73. The summed E-state index contributed by atoms with van der Waals surface area (Å²) in [6.07, 6.45) is -4.35. The zero-order valence-electron chi connectivity index (χ0n) is 11.5. The van der Waals surface area contributed by atoms with Crippen LogP contribution in [-0.2, 0) is 15.7 Å². The van der Waals surface area contributed by atoms with Crippen molar-refractivity contribution in [1.29, 1.82) is 0 Å². The SMILES string of the molecule is CCOC(=O)C1=C(C)SC(c2ccc(C(F)(F)F)cc2)N1. The summed E-state index contributed by atoms with van der Waals surface area (Å²) in [6.45, 7) is 3.75. The minimum Gasteiger partial charge on any atom is -0.461 e. The van der Waals surface area contributed by atoms with Crippen molar-refractivity contribution in [1.82, 2.24) is 5.32 Å². The van der Waals surface area contributed by atoms with Gasteiger partial charge >= 0.3 is 12.1 Å². The third kappa shape index (κ3) is 3.53. The van der Waals surface area contributed by atoms with E-state index >= 15 is 0 Å². The molecule has 0 radical (unpaired) electrons. The highest BCUT2D eigenvalue weighted by Crippen LogP contribution is 2.41. The van der Waals surface area contributed by atoms with Gasteiger partial charge in [0, 0.05) is 4.91 Å². The first-order valence-electron chi connectivity index (χ1n) is 6.31. The summed E-state index contributed by atoms with van der Waals surface area (Å²) in [5.74, 6) is -0.447. The lowest BCUT2D eigenvalue weighted by molar-refractivity contribution is -0.139. The molecule has 0 aliphatic carbocycles. The lowest BCUT2D eigenvalue weighted by atomic mass is 10.1. The third-order valence-electron chi connectivity index (χ3n) is 2.94. The number of carbonyl (C=O) groups excluding carboxylic acids is 1. The van der Waals surface area contributed by atoms with Crippen LogP contribution < -0.4 is 5.32 Å². The van der Waals surface area contributed by atoms with Crippen LogP contribution in [0.2, 0.25) is 0 Å². The van der Waals surface area contributed by atoms with Crippen molar-refractivity contribution < 1.29 is 22.7 Å². The molecule has 114 valence electrons. The summed E-state index contributed by atoms with van der Waals surface area (Å²) in [5, 5.41) is 2.70. The van der Waals surface area contributed by atoms with Gasteiger partial charge in [-0.25, -0.2) is 4.79 Å². The average molecular weight is 317 g/mol. The molecule has 0 saturated heterocycles. The van der Waals surface area contributed by atoms with E-state index in [-0.39, 0.29) is 12.0 Å². The van der Waals surface area contributed by atoms with Crippen LogP contribution in [0, 0.1) is 0 Å². The molecule has 1 aromatic carbocycles. The van der Waals surface area contributed by atoms with E-state index in [0.29, 0.717) is 11.3 Å². The molecule has 1 atom stereocenters. The molecule has 0 aromatic heterocycles. The Morgan fingerprint density at radius 2 is 1.95 bits per heavy atom. The third-order valence-corrected chi connectivity index (χ3v) is 4.13. The molecule has 1 unspecified atom stereocenters. The molecule has 1 aromatic rings. The van der Waals surface area contributed by atoms with Crippen LogP contribution in [0.15, 0.2) is 34.9 Å². The number of rotatable bonds is 3. The fourth-order valence-electron chi connectivity index (χ4n) is 1.90. The second kappa shape index (κ2) is 6.01. The van der Waals surface area contributed by atoms with E-state index in [2.05, 4.69) is 5.32 Å². The Morgan fingerprint density at radius 1 is 1.33 bits per heavy atom. The van der Waals surface area contributed by atoms with Gasteiger partial charge in [0.2, 0.25) is 0 Å². The fourth-order valence-corrected chi connectivity index (χ4v) is 2.99. The first-order chi connectivity index (χ1) is 9.82. The Kier molecular flexibility index (Phi) is 4.51. The fraction of sp³-hybridized carbons (Fsp3) is 0.357. The number of esters is 1. The van der Waals surface area contributed by atoms with Gasteiger partial charge in [-0.1, -0.05) is 23.9 Å². The van der Waals surface area contributed by atoms with Crippen molar-refractivity contribution in [2.45, 2.75) is 25.4 Å². The molecule has 1 aliphatic heterocycles. The minimum absolute atomic E-state index is 0.271. The standard InChI is InChI=1S/C14H14F3NO2S/c1-3-20-13(19)11-8(2)21-12(18-11)9-4-6-10(7-5-9)14(15,16)17/h4-7,12,18H,3H2,1-2H3. The normalized spacial score (nSPS) is 18.6. The quantitative estimate of drug-likeness (QED) is 0.860. The van der Waals surface area contributed by atoms with E-state index < -0.39 is 17.7 Å². The summed E-state index contributed by atoms with van der Waals surface area (Å²) in [4.78, 5) is 12.5. The van der Waals surface area contributed by atoms with E-state index in [1.54, 1.807) is 13.8 Å². The van der Waals surface area contributed by atoms with Gasteiger partial charge in [-0.2, -0.15) is 13.2 Å². The van der Waals surface area contributed by atoms with Crippen LogP contribution in [0.1, 0.15) is 30.3 Å². The van der Waals surface area contributed by atoms with E-state index in [1.807, 2.05) is 0 Å². The van der Waals surface area contributed by atoms with Gasteiger partial charge in [0.25, 0.3) is 0 Å². The van der Waals surface area contributed by atoms with Gasteiger partial charge in [0.05, 0.1) is 12.2 Å². The molecule has 0 bridgehead atoms. The Hall–Kier alpha value is -1.63. The molecule has 1 N–H and O–H groups in total. The number of ether oxygens (including phenoxy) is 1. The number of benzene rings is 1. The van der Waals surface area contributed by atoms with Crippen molar-refractivity contribution in [2.75, 3.05) is 6.61 Å². The lowest BCUT2D eigenvalue weighted by Crippen LogP contribution is -2.21. The Balaban J connectivity index is 2.11. The smallest absolute Gasteiger partial charge is 0.416 e. The first kappa shape index (κ1) is 15.8. The zero-order valence-corrected chi connectivity index (χ0v) is 12.3. The molecule has 0 saturated carbocycles. The predicted octanol–water partition coefficient (Wildman–Crippen LogP) is 3.84. The van der Waals surface area contributed by atoms with Gasteiger partial charge in [0.15, 0.2) is 0 Å². The predicted molar refractivity (Wildman–Crippen MR) is 74.2 cm³/mol. The second-order valence-electron chi connectivity index (χ2n) is 4.41. The molecule has 1 aliphatic rings. The van der Waals surface area contributed by atoms with E-state index in [1.165, 1.54) is 23.9 Å². The summed E-state index contributed by atoms with van der Waals surface area (Å²) in [7, 11) is 0. The van der Waals surface area contributed by atoms with Gasteiger partial charge < -0.3 is 10.1 Å². The lowest BCUT2D eigenvalue weighted by Gasteiger charge is -2.14. The Morgan fingerprint density at radius 3 is 2.48 bits per heavy atom. The van der Waals surface area contributed by atoms with E-state index in [4.69, 9.17) is 4.74 Å². The summed E-state index contributed by atoms with van der Waals surface area (Å²) < 4.78 is 42.5. The number of hydrogen-bond acceptors (Lipinski definition) is 4. The van der Waals surface area contributed by atoms with Gasteiger partial charge in [-0.3, -0.25) is 0 Å². The maximum Gasteiger partial charge on any atom is 0.416 e. The summed E-state index contributed by atoms with van der Waals surface area (Å²) in [5.41, 5.74) is 0.350. The minimum atomic E-state index is -4.35. The number of allylic oxidation sites excluding steroid dienone is 1. The Bertz CT molecular complexity index is 567. The molecular weight excluding hydrogens is 303 g/mol. The highest BCUT2D eigenvalue weighted by Gasteiger charge is 2.32. The largest absolute Gasteiger partial charge is 0.461 e. The van der Waals surface area contributed by atoms with Gasteiger partial charge in [0.1, 0.15) is 11.1 Å². The van der Waals surface area contributed by atoms with Crippen molar-refractivity contribution >= 4 is 17.7 Å². The maximum absolute atomic E-state index is 12.5. The number of nitrogens with one attached hydrogen (secondary N) is 1. The topological polar surface area (TPSA) is 38.3 Å². The first-order valence-corrected chi connectivity index (χ1v) is 7.19. The molecule has 2 rings (SSSR count). The van der Waals surface area contributed by atoms with Crippen LogP contribution >= 0.6 is 11.8 Å². The number of thioether (sulfide) groups is 1. The van der Waals surface area contributed by atoms with Crippen LogP contribution in [0.25, 0.3) is 0 Å².